The second-order valence-corrected chi connectivity index (χ2v) is 9.10. The van der Waals surface area contributed by atoms with E-state index in [0.717, 1.165) is 25.7 Å². The van der Waals surface area contributed by atoms with Gasteiger partial charge in [-0.05, 0) is 55.1 Å². The standard InChI is InChI=1S/C23H37BN2O2.C2H6/c1-6-20(23(28)26-21(24(4)5)13-16(2)3)25-22(27)15-17-11-12-18-9-7-8-10-19(18)14-17;1-2/h7-10,16-17,20-21H,6,11-15H2,1-5H3,(H,25,27)(H,26,28);1-2H3. The summed E-state index contributed by atoms with van der Waals surface area (Å²) in [5, 5.41) is 6.15. The Labute approximate surface area is 185 Å². The predicted octanol–water partition coefficient (Wildman–Crippen LogP) is 4.93. The molecule has 0 saturated heterocycles. The molecule has 0 spiro atoms. The molecular formula is C25H43BN2O2. The molecule has 1 aliphatic rings. The van der Waals surface area contributed by atoms with Crippen molar-refractivity contribution in [1.29, 1.82) is 0 Å². The van der Waals surface area contributed by atoms with E-state index in [9.17, 15) is 9.59 Å². The Morgan fingerprint density at radius 2 is 1.73 bits per heavy atom. The number of carbonyl (C=O) groups excluding carboxylic acids is 2. The molecule has 30 heavy (non-hydrogen) atoms. The summed E-state index contributed by atoms with van der Waals surface area (Å²) >= 11 is 0. The molecule has 4 nitrogen and oxygen atoms in total. The van der Waals surface area contributed by atoms with Crippen molar-refractivity contribution in [2.45, 2.75) is 98.8 Å². The van der Waals surface area contributed by atoms with Crippen LogP contribution < -0.4 is 10.6 Å². The van der Waals surface area contributed by atoms with Crippen LogP contribution in [0.15, 0.2) is 24.3 Å². The zero-order valence-electron chi connectivity index (χ0n) is 20.3. The highest BCUT2D eigenvalue weighted by atomic mass is 16.2. The molecule has 0 radical (unpaired) electrons. The van der Waals surface area contributed by atoms with Crippen molar-refractivity contribution in [3.63, 3.8) is 0 Å². The van der Waals surface area contributed by atoms with Crippen LogP contribution in [0, 0.1) is 11.8 Å². The molecule has 3 unspecified atom stereocenters. The lowest BCUT2D eigenvalue weighted by Gasteiger charge is -2.27. The molecule has 2 rings (SSSR count). The van der Waals surface area contributed by atoms with Crippen LogP contribution in [0.3, 0.4) is 0 Å². The topological polar surface area (TPSA) is 58.2 Å². The molecule has 0 aromatic heterocycles. The van der Waals surface area contributed by atoms with Crippen molar-refractivity contribution in [1.82, 2.24) is 10.6 Å². The van der Waals surface area contributed by atoms with Gasteiger partial charge in [0.05, 0.1) is 0 Å². The Balaban J connectivity index is 0.00000218. The molecule has 168 valence electrons. The van der Waals surface area contributed by atoms with E-state index >= 15 is 0 Å². The summed E-state index contributed by atoms with van der Waals surface area (Å²) in [5.74, 6) is 0.977. The van der Waals surface area contributed by atoms with Gasteiger partial charge in [0.15, 0.2) is 6.71 Å². The molecular weight excluding hydrogens is 371 g/mol. The highest BCUT2D eigenvalue weighted by molar-refractivity contribution is 6.57. The minimum Gasteiger partial charge on any atom is -0.359 e. The number of rotatable bonds is 9. The molecule has 0 fully saturated rings. The van der Waals surface area contributed by atoms with Crippen LogP contribution >= 0.6 is 0 Å². The third kappa shape index (κ3) is 8.53. The van der Waals surface area contributed by atoms with Gasteiger partial charge in [-0.1, -0.05) is 72.5 Å². The Morgan fingerprint density at radius 3 is 2.30 bits per heavy atom. The fourth-order valence-electron chi connectivity index (χ4n) is 4.10. The van der Waals surface area contributed by atoms with E-state index in [-0.39, 0.29) is 17.8 Å². The van der Waals surface area contributed by atoms with Gasteiger partial charge in [0, 0.05) is 12.4 Å². The molecule has 2 amide bonds. The molecule has 2 N–H and O–H groups in total. The predicted molar refractivity (Wildman–Crippen MR) is 129 cm³/mol. The van der Waals surface area contributed by atoms with Crippen molar-refractivity contribution in [2.75, 3.05) is 0 Å². The number of benzene rings is 1. The summed E-state index contributed by atoms with van der Waals surface area (Å²) in [6, 6.07) is 8.06. The smallest absolute Gasteiger partial charge is 0.242 e. The highest BCUT2D eigenvalue weighted by Crippen LogP contribution is 2.27. The first kappa shape index (κ1) is 26.3. The number of aryl methyl sites for hydroxylation is 1. The van der Waals surface area contributed by atoms with Crippen molar-refractivity contribution in [3.05, 3.63) is 35.4 Å². The van der Waals surface area contributed by atoms with Gasteiger partial charge in [0.2, 0.25) is 11.8 Å². The highest BCUT2D eigenvalue weighted by Gasteiger charge is 2.26. The lowest BCUT2D eigenvalue weighted by Crippen LogP contribution is -2.52. The first-order valence-corrected chi connectivity index (χ1v) is 12.0. The minimum absolute atomic E-state index is 0.00339. The summed E-state index contributed by atoms with van der Waals surface area (Å²) in [7, 11) is 0. The third-order valence-electron chi connectivity index (χ3n) is 5.84. The first-order chi connectivity index (χ1) is 14.3. The van der Waals surface area contributed by atoms with Gasteiger partial charge in [-0.3, -0.25) is 9.59 Å². The maximum Gasteiger partial charge on any atom is 0.242 e. The van der Waals surface area contributed by atoms with Gasteiger partial charge >= 0.3 is 0 Å². The van der Waals surface area contributed by atoms with Crippen molar-refractivity contribution in [3.8, 4) is 0 Å². The average Bonchev–Trinajstić information content (AvgIpc) is 2.72. The molecule has 0 bridgehead atoms. The molecule has 1 aliphatic carbocycles. The average molecular weight is 414 g/mol. The lowest BCUT2D eigenvalue weighted by molar-refractivity contribution is -0.129. The number of amides is 2. The molecule has 0 aliphatic heterocycles. The van der Waals surface area contributed by atoms with E-state index in [4.69, 9.17) is 0 Å². The second-order valence-electron chi connectivity index (χ2n) is 9.10. The first-order valence-electron chi connectivity index (χ1n) is 12.0. The van der Waals surface area contributed by atoms with Crippen LogP contribution in [-0.4, -0.2) is 30.5 Å². The van der Waals surface area contributed by atoms with Gasteiger partial charge in [-0.25, -0.2) is 0 Å². The van der Waals surface area contributed by atoms with Crippen LogP contribution in [0.2, 0.25) is 13.6 Å². The van der Waals surface area contributed by atoms with E-state index in [1.807, 2.05) is 20.8 Å². The number of hydrogen-bond acceptors (Lipinski definition) is 2. The summed E-state index contributed by atoms with van der Waals surface area (Å²) in [5.41, 5.74) is 2.78. The summed E-state index contributed by atoms with van der Waals surface area (Å²) in [4.78, 5) is 25.3. The van der Waals surface area contributed by atoms with Crippen LogP contribution in [-0.2, 0) is 22.4 Å². The van der Waals surface area contributed by atoms with E-state index < -0.39 is 6.04 Å². The van der Waals surface area contributed by atoms with Crippen molar-refractivity contribution in [2.24, 2.45) is 11.8 Å². The van der Waals surface area contributed by atoms with Gasteiger partial charge < -0.3 is 10.6 Å². The fourth-order valence-corrected chi connectivity index (χ4v) is 4.10. The number of fused-ring (bicyclic) bond motifs is 1. The summed E-state index contributed by atoms with van der Waals surface area (Å²) in [6.07, 6.45) is 5.09. The molecule has 3 atom stereocenters. The summed E-state index contributed by atoms with van der Waals surface area (Å²) in [6.45, 7) is 14.9. The molecule has 1 aromatic carbocycles. The molecule has 5 heteroatoms. The van der Waals surface area contributed by atoms with Crippen molar-refractivity contribution >= 4 is 18.5 Å². The summed E-state index contributed by atoms with van der Waals surface area (Å²) < 4.78 is 0. The van der Waals surface area contributed by atoms with E-state index in [1.165, 1.54) is 11.1 Å². The van der Waals surface area contributed by atoms with E-state index in [0.29, 0.717) is 31.4 Å². The SMILES string of the molecule is CC.CCC(NC(=O)CC1CCc2ccccc2C1)C(=O)NC(CC(C)C)B(C)C. The molecule has 0 heterocycles. The van der Waals surface area contributed by atoms with Gasteiger partial charge in [-0.15, -0.1) is 0 Å². The Morgan fingerprint density at radius 1 is 1.10 bits per heavy atom. The normalized spacial score (nSPS) is 17.1. The van der Waals surface area contributed by atoms with Crippen LogP contribution in [0.5, 0.6) is 0 Å². The van der Waals surface area contributed by atoms with Gasteiger partial charge in [-0.2, -0.15) is 0 Å². The fraction of sp³-hybridized carbons (Fsp3) is 0.680. The molecule has 1 aromatic rings. The zero-order chi connectivity index (χ0) is 22.7. The van der Waals surface area contributed by atoms with Gasteiger partial charge in [0.1, 0.15) is 6.04 Å². The Hall–Kier alpha value is -1.78. The minimum atomic E-state index is -0.447. The maximum absolute atomic E-state index is 12.7. The van der Waals surface area contributed by atoms with Crippen LogP contribution in [0.1, 0.15) is 71.4 Å². The van der Waals surface area contributed by atoms with Crippen LogP contribution in [0.25, 0.3) is 0 Å². The maximum atomic E-state index is 12.7. The quantitative estimate of drug-likeness (QED) is 0.563. The Bertz CT molecular complexity index is 660. The zero-order valence-corrected chi connectivity index (χ0v) is 20.3. The van der Waals surface area contributed by atoms with Gasteiger partial charge in [0.25, 0.3) is 0 Å². The number of nitrogens with one attached hydrogen (secondary N) is 2. The monoisotopic (exact) mass is 414 g/mol. The Kier molecular flexibility index (Phi) is 11.8. The third-order valence-corrected chi connectivity index (χ3v) is 5.84. The number of hydrogen-bond donors (Lipinski definition) is 2. The van der Waals surface area contributed by atoms with Crippen LogP contribution in [0.4, 0.5) is 0 Å². The van der Waals surface area contributed by atoms with E-state index in [1.54, 1.807) is 0 Å². The van der Waals surface area contributed by atoms with Crippen molar-refractivity contribution < 1.29 is 9.59 Å². The molecule has 0 saturated carbocycles. The van der Waals surface area contributed by atoms with E-state index in [2.05, 4.69) is 62.4 Å². The lowest BCUT2D eigenvalue weighted by atomic mass is 9.47. The largest absolute Gasteiger partial charge is 0.359 e. The number of carbonyl (C=O) groups is 2. The second kappa shape index (κ2) is 13.5.